The van der Waals surface area contributed by atoms with Gasteiger partial charge in [-0.2, -0.15) is 5.10 Å². The second kappa shape index (κ2) is 7.46. The molecule has 0 saturated heterocycles. The molecular formula is C18H15ClFN3O2. The summed E-state index contributed by atoms with van der Waals surface area (Å²) in [6.07, 6.45) is 1.33. The minimum absolute atomic E-state index is 0.192. The number of carbonyl (C=O) groups excluding carboxylic acids is 1. The van der Waals surface area contributed by atoms with E-state index in [9.17, 15) is 14.3 Å². The molecule has 0 unspecified atom stereocenters. The Morgan fingerprint density at radius 3 is 2.64 bits per heavy atom. The van der Waals surface area contributed by atoms with Gasteiger partial charge in [0.1, 0.15) is 5.82 Å². The van der Waals surface area contributed by atoms with Crippen molar-refractivity contribution < 1.29 is 14.3 Å². The summed E-state index contributed by atoms with van der Waals surface area (Å²) in [4.78, 5) is 12.6. The molecule has 1 heterocycles. The number of aliphatic hydroxyl groups excluding tert-OH is 1. The van der Waals surface area contributed by atoms with Gasteiger partial charge in [0, 0.05) is 10.6 Å². The van der Waals surface area contributed by atoms with Gasteiger partial charge >= 0.3 is 0 Å². The maximum absolute atomic E-state index is 14.0. The van der Waals surface area contributed by atoms with E-state index in [4.69, 9.17) is 11.6 Å². The van der Waals surface area contributed by atoms with E-state index in [0.717, 1.165) is 0 Å². The lowest BCUT2D eigenvalue weighted by molar-refractivity contribution is 0.0917. The number of hydrogen-bond acceptors (Lipinski definition) is 3. The zero-order chi connectivity index (χ0) is 17.8. The first kappa shape index (κ1) is 17.1. The van der Waals surface area contributed by atoms with Crippen molar-refractivity contribution >= 4 is 17.5 Å². The van der Waals surface area contributed by atoms with Crippen molar-refractivity contribution in [1.29, 1.82) is 0 Å². The first-order chi connectivity index (χ1) is 12.1. The topological polar surface area (TPSA) is 78.0 Å². The lowest BCUT2D eigenvalue weighted by atomic mass is 10.0. The third-order valence-electron chi connectivity index (χ3n) is 3.79. The quantitative estimate of drug-likeness (QED) is 0.654. The highest BCUT2D eigenvalue weighted by Gasteiger charge is 2.21. The van der Waals surface area contributed by atoms with Crippen molar-refractivity contribution in [3.05, 3.63) is 76.7 Å². The molecule has 0 spiro atoms. The first-order valence-electron chi connectivity index (χ1n) is 7.55. The van der Waals surface area contributed by atoms with Crippen LogP contribution in [0.2, 0.25) is 5.02 Å². The second-order valence-corrected chi connectivity index (χ2v) is 5.84. The van der Waals surface area contributed by atoms with Crippen molar-refractivity contribution in [2.24, 2.45) is 0 Å². The molecule has 0 aliphatic rings. The van der Waals surface area contributed by atoms with E-state index in [1.165, 1.54) is 12.3 Å². The lowest BCUT2D eigenvalue weighted by Crippen LogP contribution is -2.30. The molecule has 1 aromatic heterocycles. The number of nitrogens with zero attached hydrogens (tertiary/aromatic N) is 1. The molecule has 0 saturated carbocycles. The summed E-state index contributed by atoms with van der Waals surface area (Å²) in [7, 11) is 0. The van der Waals surface area contributed by atoms with Gasteiger partial charge in [-0.05, 0) is 29.8 Å². The fraction of sp³-hybridized carbons (Fsp3) is 0.111. The highest BCUT2D eigenvalue weighted by Crippen LogP contribution is 2.24. The summed E-state index contributed by atoms with van der Waals surface area (Å²) in [5, 5.41) is 19.4. The molecule has 1 atom stereocenters. The summed E-state index contributed by atoms with van der Waals surface area (Å²) in [5.41, 5.74) is 1.43. The Kier molecular flexibility index (Phi) is 5.11. The monoisotopic (exact) mass is 359 g/mol. The minimum atomic E-state index is -0.617. The molecule has 128 valence electrons. The van der Waals surface area contributed by atoms with Gasteiger partial charge in [-0.15, -0.1) is 0 Å². The Balaban J connectivity index is 1.86. The Morgan fingerprint density at radius 2 is 1.96 bits per heavy atom. The normalized spacial score (nSPS) is 12.0. The lowest BCUT2D eigenvalue weighted by Gasteiger charge is -2.17. The molecule has 2 aromatic carbocycles. The van der Waals surface area contributed by atoms with Crippen LogP contribution in [0.4, 0.5) is 4.39 Å². The summed E-state index contributed by atoms with van der Waals surface area (Å²) < 4.78 is 14.0. The molecule has 0 radical (unpaired) electrons. The largest absolute Gasteiger partial charge is 0.394 e. The third kappa shape index (κ3) is 3.70. The highest BCUT2D eigenvalue weighted by atomic mass is 35.5. The zero-order valence-electron chi connectivity index (χ0n) is 13.0. The molecule has 7 heteroatoms. The number of hydrogen-bond donors (Lipinski definition) is 3. The van der Waals surface area contributed by atoms with E-state index in [0.29, 0.717) is 10.6 Å². The number of aliphatic hydroxyl groups is 1. The number of carbonyl (C=O) groups is 1. The molecule has 3 N–H and O–H groups in total. The Labute approximate surface area is 148 Å². The number of benzene rings is 2. The molecule has 0 aliphatic carbocycles. The molecule has 3 rings (SSSR count). The molecule has 0 aliphatic heterocycles. The molecule has 1 amide bonds. The number of H-pyrrole nitrogens is 1. The predicted octanol–water partition coefficient (Wildman–Crippen LogP) is 3.33. The maximum Gasteiger partial charge on any atom is 0.255 e. The van der Waals surface area contributed by atoms with Gasteiger partial charge in [-0.3, -0.25) is 9.89 Å². The van der Waals surface area contributed by atoms with Crippen molar-refractivity contribution in [1.82, 2.24) is 15.5 Å². The van der Waals surface area contributed by atoms with Gasteiger partial charge < -0.3 is 10.4 Å². The number of halogens is 2. The van der Waals surface area contributed by atoms with Gasteiger partial charge in [0.2, 0.25) is 0 Å². The van der Waals surface area contributed by atoms with Crippen LogP contribution in [0.3, 0.4) is 0 Å². The molecule has 0 fully saturated rings. The molecule has 5 nitrogen and oxygen atoms in total. The summed E-state index contributed by atoms with van der Waals surface area (Å²) >= 11 is 5.85. The first-order valence-corrected chi connectivity index (χ1v) is 7.93. The average molecular weight is 360 g/mol. The molecule has 25 heavy (non-hydrogen) atoms. The van der Waals surface area contributed by atoms with Crippen molar-refractivity contribution in [3.8, 4) is 11.3 Å². The van der Waals surface area contributed by atoms with Gasteiger partial charge in [-0.1, -0.05) is 35.9 Å². The van der Waals surface area contributed by atoms with Gasteiger partial charge in [0.15, 0.2) is 0 Å². The molecule has 3 aromatic rings. The van der Waals surface area contributed by atoms with E-state index in [1.54, 1.807) is 42.5 Å². The standard InChI is InChI=1S/C18H15ClFN3O2/c19-12-7-5-11(6-8-12)16(10-24)22-18(25)14-9-21-23-17(14)13-3-1-2-4-15(13)20/h1-9,16,24H,10H2,(H,21,23)(H,22,25)/t16-/m1/s1. The van der Waals surface area contributed by atoms with Crippen LogP contribution in [0.5, 0.6) is 0 Å². The summed E-state index contributed by atoms with van der Waals surface area (Å²) in [6.45, 7) is -0.291. The van der Waals surface area contributed by atoms with Gasteiger partial charge in [0.05, 0.1) is 30.1 Å². The number of nitrogens with one attached hydrogen (secondary N) is 2. The van der Waals surface area contributed by atoms with Crippen molar-refractivity contribution in [3.63, 3.8) is 0 Å². The summed E-state index contributed by atoms with van der Waals surface area (Å²) in [6, 6.07) is 12.3. The molecule has 0 bridgehead atoms. The Hall–Kier alpha value is -2.70. The van der Waals surface area contributed by atoms with Crippen LogP contribution in [-0.2, 0) is 0 Å². The number of amides is 1. The Bertz CT molecular complexity index is 880. The van der Waals surface area contributed by atoms with E-state index in [1.807, 2.05) is 0 Å². The van der Waals surface area contributed by atoms with Crippen LogP contribution in [0.1, 0.15) is 22.0 Å². The van der Waals surface area contributed by atoms with Crippen molar-refractivity contribution in [2.75, 3.05) is 6.61 Å². The van der Waals surface area contributed by atoms with E-state index < -0.39 is 17.8 Å². The van der Waals surface area contributed by atoms with E-state index >= 15 is 0 Å². The number of aromatic nitrogens is 2. The fourth-order valence-electron chi connectivity index (χ4n) is 2.49. The maximum atomic E-state index is 14.0. The van der Waals surface area contributed by atoms with Crippen LogP contribution in [-0.4, -0.2) is 27.8 Å². The van der Waals surface area contributed by atoms with Crippen LogP contribution >= 0.6 is 11.6 Å². The van der Waals surface area contributed by atoms with Crippen molar-refractivity contribution in [2.45, 2.75) is 6.04 Å². The second-order valence-electron chi connectivity index (χ2n) is 5.40. The fourth-order valence-corrected chi connectivity index (χ4v) is 2.62. The predicted molar refractivity (Wildman–Crippen MR) is 92.7 cm³/mol. The van der Waals surface area contributed by atoms with E-state index in [-0.39, 0.29) is 23.4 Å². The SMILES string of the molecule is O=C(N[C@H](CO)c1ccc(Cl)cc1)c1cn[nH]c1-c1ccccc1F. The summed E-state index contributed by atoms with van der Waals surface area (Å²) in [5.74, 6) is -0.932. The third-order valence-corrected chi connectivity index (χ3v) is 4.04. The smallest absolute Gasteiger partial charge is 0.255 e. The van der Waals surface area contributed by atoms with Crippen LogP contribution in [0.25, 0.3) is 11.3 Å². The Morgan fingerprint density at radius 1 is 1.24 bits per heavy atom. The van der Waals surface area contributed by atoms with Crippen LogP contribution in [0, 0.1) is 5.82 Å². The average Bonchev–Trinajstić information content (AvgIpc) is 3.10. The number of rotatable bonds is 5. The highest BCUT2D eigenvalue weighted by molar-refractivity contribution is 6.30. The number of aromatic amines is 1. The molecular weight excluding hydrogens is 345 g/mol. The zero-order valence-corrected chi connectivity index (χ0v) is 13.8. The van der Waals surface area contributed by atoms with E-state index in [2.05, 4.69) is 15.5 Å². The van der Waals surface area contributed by atoms with Gasteiger partial charge in [0.25, 0.3) is 5.91 Å². The van der Waals surface area contributed by atoms with Crippen LogP contribution < -0.4 is 5.32 Å². The minimum Gasteiger partial charge on any atom is -0.394 e. The van der Waals surface area contributed by atoms with Crippen LogP contribution in [0.15, 0.2) is 54.7 Å². The van der Waals surface area contributed by atoms with Gasteiger partial charge in [-0.25, -0.2) is 4.39 Å².